The molecular weight excluding hydrogens is 438 g/mol. The zero-order valence-corrected chi connectivity index (χ0v) is 20.0. The van der Waals surface area contributed by atoms with Crippen molar-refractivity contribution in [2.75, 3.05) is 42.3 Å². The van der Waals surface area contributed by atoms with E-state index in [-0.39, 0.29) is 10.5 Å². The van der Waals surface area contributed by atoms with Crippen molar-refractivity contribution >= 4 is 27.4 Å². The molecule has 2 heterocycles. The van der Waals surface area contributed by atoms with Crippen LogP contribution in [-0.4, -0.2) is 57.1 Å². The zero-order valence-electron chi connectivity index (χ0n) is 19.2. The van der Waals surface area contributed by atoms with Crippen LogP contribution in [-0.2, 0) is 16.4 Å². The van der Waals surface area contributed by atoms with Crippen molar-refractivity contribution in [1.29, 1.82) is 0 Å². The van der Waals surface area contributed by atoms with Gasteiger partial charge in [-0.1, -0.05) is 19.1 Å². The molecular formula is C25H33N3O4S. The summed E-state index contributed by atoms with van der Waals surface area (Å²) in [7, 11) is -3.85. The summed E-state index contributed by atoms with van der Waals surface area (Å²) in [5, 5.41) is 9.49. The van der Waals surface area contributed by atoms with Gasteiger partial charge in [0, 0.05) is 19.6 Å². The molecule has 33 heavy (non-hydrogen) atoms. The lowest BCUT2D eigenvalue weighted by Crippen LogP contribution is -2.40. The largest absolute Gasteiger partial charge is 0.478 e. The molecule has 2 saturated heterocycles. The van der Waals surface area contributed by atoms with Crippen molar-refractivity contribution in [3.8, 4) is 0 Å². The van der Waals surface area contributed by atoms with E-state index in [1.54, 1.807) is 36.4 Å². The van der Waals surface area contributed by atoms with E-state index < -0.39 is 16.0 Å². The van der Waals surface area contributed by atoms with Gasteiger partial charge >= 0.3 is 5.97 Å². The van der Waals surface area contributed by atoms with Crippen LogP contribution in [0.4, 0.5) is 11.4 Å². The quantitative estimate of drug-likeness (QED) is 0.604. The van der Waals surface area contributed by atoms with Crippen molar-refractivity contribution in [3.05, 3.63) is 53.6 Å². The number of rotatable bonds is 8. The fraction of sp³-hybridized carbons (Fsp3) is 0.480. The molecule has 0 spiro atoms. The highest BCUT2D eigenvalue weighted by molar-refractivity contribution is 7.92. The second kappa shape index (κ2) is 10.1. The van der Waals surface area contributed by atoms with Gasteiger partial charge in [0.25, 0.3) is 10.0 Å². The summed E-state index contributed by atoms with van der Waals surface area (Å²) in [6, 6.07) is 11.5. The summed E-state index contributed by atoms with van der Waals surface area (Å²) in [6.45, 7) is 7.05. The number of carboxylic acids is 1. The molecule has 0 bridgehead atoms. The van der Waals surface area contributed by atoms with Crippen molar-refractivity contribution in [3.63, 3.8) is 0 Å². The van der Waals surface area contributed by atoms with E-state index in [9.17, 15) is 18.3 Å². The minimum atomic E-state index is -3.85. The maximum atomic E-state index is 13.1. The van der Waals surface area contributed by atoms with Crippen molar-refractivity contribution in [1.82, 2.24) is 4.90 Å². The monoisotopic (exact) mass is 471 g/mol. The first-order valence-corrected chi connectivity index (χ1v) is 13.3. The number of likely N-dealkylation sites (tertiary alicyclic amines) is 1. The van der Waals surface area contributed by atoms with Gasteiger partial charge in [0.15, 0.2) is 0 Å². The van der Waals surface area contributed by atoms with Crippen LogP contribution in [0.3, 0.4) is 0 Å². The maximum Gasteiger partial charge on any atom is 0.335 e. The van der Waals surface area contributed by atoms with Crippen molar-refractivity contribution < 1.29 is 18.3 Å². The highest BCUT2D eigenvalue weighted by Crippen LogP contribution is 2.33. The van der Waals surface area contributed by atoms with E-state index in [0.717, 1.165) is 63.2 Å². The molecule has 2 N–H and O–H groups in total. The summed E-state index contributed by atoms with van der Waals surface area (Å²) in [6.07, 6.45) is 5.54. The molecule has 4 rings (SSSR count). The third-order valence-electron chi connectivity index (χ3n) is 6.70. The number of nitrogens with one attached hydrogen (secondary N) is 1. The summed E-state index contributed by atoms with van der Waals surface area (Å²) >= 11 is 0. The van der Waals surface area contributed by atoms with Gasteiger partial charge in [-0.3, -0.25) is 4.72 Å². The Hall–Kier alpha value is -2.58. The fourth-order valence-electron chi connectivity index (χ4n) is 4.90. The normalized spacial score (nSPS) is 19.5. The summed E-state index contributed by atoms with van der Waals surface area (Å²) in [5.41, 5.74) is 2.17. The van der Waals surface area contributed by atoms with Crippen LogP contribution >= 0.6 is 0 Å². The Balaban J connectivity index is 1.59. The SMILES string of the molecule is CCc1ccc(S(=O)(=O)Nc2cc(C(=O)O)ccc2N2CCCC(CN3CCCC3)C2)cc1. The minimum Gasteiger partial charge on any atom is -0.478 e. The highest BCUT2D eigenvalue weighted by atomic mass is 32.2. The molecule has 0 saturated carbocycles. The molecule has 7 nitrogen and oxygen atoms in total. The Bertz CT molecular complexity index is 1080. The molecule has 1 atom stereocenters. The standard InChI is InChI=1S/C25H33N3O4S/c1-2-19-7-10-22(11-8-19)33(31,32)26-23-16-21(25(29)30)9-12-24(23)28-15-5-6-20(18-28)17-27-13-3-4-14-27/h7-12,16,20,26H,2-6,13-15,17-18H2,1H3,(H,29,30). The number of benzene rings is 2. The van der Waals surface area contributed by atoms with Crippen molar-refractivity contribution in [2.45, 2.75) is 43.9 Å². The molecule has 0 amide bonds. The van der Waals surface area contributed by atoms with E-state index in [2.05, 4.69) is 14.5 Å². The molecule has 178 valence electrons. The van der Waals surface area contributed by atoms with Gasteiger partial charge in [-0.05, 0) is 87.0 Å². The van der Waals surface area contributed by atoms with E-state index in [4.69, 9.17) is 0 Å². The lowest BCUT2D eigenvalue weighted by Gasteiger charge is -2.37. The third-order valence-corrected chi connectivity index (χ3v) is 8.09. The van der Waals surface area contributed by atoms with Crippen LogP contribution in [0.15, 0.2) is 47.4 Å². The van der Waals surface area contributed by atoms with Crippen molar-refractivity contribution in [2.24, 2.45) is 5.92 Å². The number of carbonyl (C=O) groups is 1. The lowest BCUT2D eigenvalue weighted by atomic mass is 9.96. The topological polar surface area (TPSA) is 89.9 Å². The van der Waals surface area contributed by atoms with Gasteiger partial charge in [0.2, 0.25) is 0 Å². The number of piperidine rings is 1. The Morgan fingerprint density at radius 2 is 1.79 bits per heavy atom. The number of nitrogens with zero attached hydrogens (tertiary/aromatic N) is 2. The molecule has 2 aromatic rings. The number of hydrogen-bond acceptors (Lipinski definition) is 5. The van der Waals surface area contributed by atoms with Gasteiger partial charge in [0.05, 0.1) is 21.8 Å². The zero-order chi connectivity index (χ0) is 23.4. The average Bonchev–Trinajstić information content (AvgIpc) is 3.32. The maximum absolute atomic E-state index is 13.1. The number of carboxylic acid groups (broad SMARTS) is 1. The Kier molecular flexibility index (Phi) is 7.24. The van der Waals surface area contributed by atoms with E-state index in [0.29, 0.717) is 11.6 Å². The van der Waals surface area contributed by atoms with Gasteiger partial charge in [-0.2, -0.15) is 0 Å². The summed E-state index contributed by atoms with van der Waals surface area (Å²) in [5.74, 6) is -0.568. The van der Waals surface area contributed by atoms with Crippen LogP contribution in [0.1, 0.15) is 48.5 Å². The number of aryl methyl sites for hydroxylation is 1. The number of anilines is 2. The minimum absolute atomic E-state index is 0.0587. The number of aromatic carboxylic acids is 1. The molecule has 1 unspecified atom stereocenters. The van der Waals surface area contributed by atoms with Crippen LogP contribution < -0.4 is 9.62 Å². The van der Waals surface area contributed by atoms with Crippen LogP contribution in [0, 0.1) is 5.92 Å². The third kappa shape index (κ3) is 5.68. The first-order chi connectivity index (χ1) is 15.9. The number of sulfonamides is 1. The second-order valence-electron chi connectivity index (χ2n) is 9.10. The first-order valence-electron chi connectivity index (χ1n) is 11.8. The Morgan fingerprint density at radius 1 is 1.06 bits per heavy atom. The molecule has 2 aliphatic heterocycles. The molecule has 2 fully saturated rings. The molecule has 8 heteroatoms. The number of hydrogen-bond donors (Lipinski definition) is 2. The second-order valence-corrected chi connectivity index (χ2v) is 10.8. The van der Waals surface area contributed by atoms with Crippen LogP contribution in [0.5, 0.6) is 0 Å². The van der Waals surface area contributed by atoms with Gasteiger partial charge in [0.1, 0.15) is 0 Å². The van der Waals surface area contributed by atoms with E-state index in [1.165, 1.54) is 18.9 Å². The van der Waals surface area contributed by atoms with Crippen LogP contribution in [0.25, 0.3) is 0 Å². The summed E-state index contributed by atoms with van der Waals surface area (Å²) in [4.78, 5) is 16.5. The molecule has 0 aromatic heterocycles. The van der Waals surface area contributed by atoms with E-state index >= 15 is 0 Å². The lowest BCUT2D eigenvalue weighted by molar-refractivity contribution is 0.0697. The first kappa shape index (κ1) is 23.6. The molecule has 2 aromatic carbocycles. The highest BCUT2D eigenvalue weighted by Gasteiger charge is 2.26. The Labute approximate surface area is 196 Å². The van der Waals surface area contributed by atoms with Crippen LogP contribution in [0.2, 0.25) is 0 Å². The predicted octanol–water partition coefficient (Wildman–Crippen LogP) is 4.06. The van der Waals surface area contributed by atoms with Gasteiger partial charge in [-0.15, -0.1) is 0 Å². The molecule has 0 radical (unpaired) electrons. The average molecular weight is 472 g/mol. The smallest absolute Gasteiger partial charge is 0.335 e. The summed E-state index contributed by atoms with van der Waals surface area (Å²) < 4.78 is 28.9. The predicted molar refractivity (Wildman–Crippen MR) is 131 cm³/mol. The van der Waals surface area contributed by atoms with Gasteiger partial charge < -0.3 is 14.9 Å². The Morgan fingerprint density at radius 3 is 2.45 bits per heavy atom. The molecule has 2 aliphatic rings. The fourth-order valence-corrected chi connectivity index (χ4v) is 5.96. The van der Waals surface area contributed by atoms with E-state index in [1.807, 2.05) is 6.92 Å². The van der Waals surface area contributed by atoms with Gasteiger partial charge in [-0.25, -0.2) is 13.2 Å². The molecule has 0 aliphatic carbocycles.